The van der Waals surface area contributed by atoms with Gasteiger partial charge in [0.15, 0.2) is 0 Å². The van der Waals surface area contributed by atoms with Gasteiger partial charge in [0.1, 0.15) is 0 Å². The quantitative estimate of drug-likeness (QED) is 0.505. The fourth-order valence-electron chi connectivity index (χ4n) is 3.94. The normalized spacial score (nSPS) is 13.1. The van der Waals surface area contributed by atoms with E-state index < -0.39 is 16.1 Å². The molecule has 0 radical (unpaired) electrons. The highest BCUT2D eigenvalue weighted by atomic mass is 32.2. The van der Waals surface area contributed by atoms with E-state index in [0.29, 0.717) is 18.7 Å². The molecular formula is C23H24N2O3S. The zero-order chi connectivity index (χ0) is 20.6. The number of hydrogen-bond donors (Lipinski definition) is 2. The van der Waals surface area contributed by atoms with E-state index >= 15 is 0 Å². The van der Waals surface area contributed by atoms with Gasteiger partial charge in [-0.05, 0) is 36.2 Å². The average molecular weight is 409 g/mol. The molecule has 1 heterocycles. The Morgan fingerprint density at radius 1 is 0.931 bits per heavy atom. The molecule has 0 aliphatic rings. The average Bonchev–Trinajstić information content (AvgIpc) is 2.98. The fraction of sp³-hybridized carbons (Fsp3) is 0.217. The third-order valence-electron chi connectivity index (χ3n) is 5.27. The summed E-state index contributed by atoms with van der Waals surface area (Å²) in [5.74, 6) is 0. The number of benzene rings is 3. The lowest BCUT2D eigenvalue weighted by Gasteiger charge is -2.17. The summed E-state index contributed by atoms with van der Waals surface area (Å²) in [7, 11) is -3.35. The maximum Gasteiger partial charge on any atom is 0.229 e. The molecule has 0 fully saturated rings. The molecule has 29 heavy (non-hydrogen) atoms. The number of sulfonamides is 1. The van der Waals surface area contributed by atoms with Gasteiger partial charge in [0.05, 0.1) is 18.0 Å². The summed E-state index contributed by atoms with van der Waals surface area (Å²) in [5, 5.41) is 13.2. The van der Waals surface area contributed by atoms with Crippen LogP contribution in [0.25, 0.3) is 21.8 Å². The van der Waals surface area contributed by atoms with Crippen molar-refractivity contribution in [2.24, 2.45) is 0 Å². The van der Waals surface area contributed by atoms with Crippen LogP contribution >= 0.6 is 0 Å². The standard InChI is InChI=1S/C23H24N2O3S/c1-16-17(8-7-11-21(16)24-29(2,27)28)14-18(26)15-25-22-12-5-3-9-19(22)20-10-4-6-13-23(20)25/h3-13,18,24,26H,14-15H2,1-2H3. The minimum atomic E-state index is -3.35. The van der Waals surface area contributed by atoms with Crippen molar-refractivity contribution in [1.82, 2.24) is 4.57 Å². The second-order valence-corrected chi connectivity index (χ2v) is 9.22. The van der Waals surface area contributed by atoms with Crippen molar-refractivity contribution in [2.75, 3.05) is 11.0 Å². The van der Waals surface area contributed by atoms with Gasteiger partial charge >= 0.3 is 0 Å². The van der Waals surface area contributed by atoms with Gasteiger partial charge in [-0.25, -0.2) is 8.42 Å². The monoisotopic (exact) mass is 408 g/mol. The number of nitrogens with zero attached hydrogens (tertiary/aromatic N) is 1. The molecule has 4 aromatic rings. The molecule has 0 amide bonds. The maximum atomic E-state index is 11.6. The van der Waals surface area contributed by atoms with E-state index in [9.17, 15) is 13.5 Å². The molecule has 0 bridgehead atoms. The molecule has 150 valence electrons. The minimum absolute atomic E-state index is 0.436. The Morgan fingerprint density at radius 2 is 1.52 bits per heavy atom. The first-order chi connectivity index (χ1) is 13.8. The van der Waals surface area contributed by atoms with Crippen LogP contribution in [0.5, 0.6) is 0 Å². The van der Waals surface area contributed by atoms with Crippen LogP contribution in [0.1, 0.15) is 11.1 Å². The second-order valence-electron chi connectivity index (χ2n) is 7.47. The Morgan fingerprint density at radius 3 is 2.10 bits per heavy atom. The van der Waals surface area contributed by atoms with Crippen molar-refractivity contribution in [3.05, 3.63) is 77.9 Å². The summed E-state index contributed by atoms with van der Waals surface area (Å²) in [4.78, 5) is 0. The summed E-state index contributed by atoms with van der Waals surface area (Å²) in [6.07, 6.45) is 0.962. The Hall–Kier alpha value is -2.83. The first-order valence-electron chi connectivity index (χ1n) is 9.54. The molecule has 5 nitrogen and oxygen atoms in total. The number of aliphatic hydroxyl groups excluding tert-OH is 1. The van der Waals surface area contributed by atoms with E-state index in [1.54, 1.807) is 6.07 Å². The summed E-state index contributed by atoms with van der Waals surface area (Å²) in [6, 6.07) is 21.9. The molecule has 1 unspecified atom stereocenters. The van der Waals surface area contributed by atoms with Crippen LogP contribution in [-0.2, 0) is 23.0 Å². The van der Waals surface area contributed by atoms with E-state index in [4.69, 9.17) is 0 Å². The van der Waals surface area contributed by atoms with Gasteiger partial charge in [-0.2, -0.15) is 0 Å². The zero-order valence-electron chi connectivity index (χ0n) is 16.5. The predicted molar refractivity (Wildman–Crippen MR) is 119 cm³/mol. The van der Waals surface area contributed by atoms with Gasteiger partial charge in [0.2, 0.25) is 10.0 Å². The van der Waals surface area contributed by atoms with Crippen molar-refractivity contribution in [3.8, 4) is 0 Å². The van der Waals surface area contributed by atoms with Crippen molar-refractivity contribution in [3.63, 3.8) is 0 Å². The Kier molecular flexibility index (Phi) is 5.06. The molecule has 1 atom stereocenters. The highest BCUT2D eigenvalue weighted by molar-refractivity contribution is 7.92. The molecule has 0 aliphatic carbocycles. The van der Waals surface area contributed by atoms with E-state index in [0.717, 1.165) is 28.4 Å². The SMILES string of the molecule is Cc1c(CC(O)Cn2c3ccccc3c3ccccc32)cccc1NS(C)(=O)=O. The Balaban J connectivity index is 1.64. The molecule has 2 N–H and O–H groups in total. The first kappa shape index (κ1) is 19.5. The van der Waals surface area contributed by atoms with Crippen LogP contribution in [-0.4, -0.2) is 30.5 Å². The lowest BCUT2D eigenvalue weighted by Crippen LogP contribution is -2.19. The van der Waals surface area contributed by atoms with Crippen LogP contribution in [0.4, 0.5) is 5.69 Å². The third-order valence-corrected chi connectivity index (χ3v) is 5.86. The van der Waals surface area contributed by atoms with Crippen LogP contribution in [0.3, 0.4) is 0 Å². The smallest absolute Gasteiger partial charge is 0.229 e. The zero-order valence-corrected chi connectivity index (χ0v) is 17.3. The number of nitrogens with one attached hydrogen (secondary N) is 1. The largest absolute Gasteiger partial charge is 0.391 e. The summed E-state index contributed by atoms with van der Waals surface area (Å²) in [5.41, 5.74) is 4.49. The highest BCUT2D eigenvalue weighted by Gasteiger charge is 2.16. The predicted octanol–water partition coefficient (Wildman–Crippen LogP) is 4.08. The highest BCUT2D eigenvalue weighted by Crippen LogP contribution is 2.29. The van der Waals surface area contributed by atoms with E-state index in [2.05, 4.69) is 33.6 Å². The number of aliphatic hydroxyl groups is 1. The third kappa shape index (κ3) is 3.99. The molecule has 0 saturated carbocycles. The Labute approximate surface area is 170 Å². The van der Waals surface area contributed by atoms with Gasteiger partial charge in [-0.3, -0.25) is 4.72 Å². The minimum Gasteiger partial charge on any atom is -0.391 e. The molecule has 6 heteroatoms. The van der Waals surface area contributed by atoms with Gasteiger partial charge < -0.3 is 9.67 Å². The number of aromatic nitrogens is 1. The fourth-order valence-corrected chi connectivity index (χ4v) is 4.56. The number of rotatable bonds is 6. The molecule has 0 saturated heterocycles. The van der Waals surface area contributed by atoms with E-state index in [1.165, 1.54) is 10.8 Å². The summed E-state index contributed by atoms with van der Waals surface area (Å²) >= 11 is 0. The Bertz CT molecular complexity index is 1240. The van der Waals surface area contributed by atoms with Gasteiger partial charge in [-0.15, -0.1) is 0 Å². The van der Waals surface area contributed by atoms with Crippen molar-refractivity contribution < 1.29 is 13.5 Å². The topological polar surface area (TPSA) is 71.3 Å². The van der Waals surface area contributed by atoms with Crippen molar-refractivity contribution in [1.29, 1.82) is 0 Å². The molecule has 1 aromatic heterocycles. The number of para-hydroxylation sites is 2. The molecule has 0 spiro atoms. The summed E-state index contributed by atoms with van der Waals surface area (Å²) in [6.45, 7) is 2.33. The first-order valence-corrected chi connectivity index (χ1v) is 11.4. The van der Waals surface area contributed by atoms with E-state index in [-0.39, 0.29) is 0 Å². The summed E-state index contributed by atoms with van der Waals surface area (Å²) < 4.78 is 27.9. The molecule has 3 aromatic carbocycles. The number of hydrogen-bond acceptors (Lipinski definition) is 3. The van der Waals surface area contributed by atoms with Crippen LogP contribution in [0, 0.1) is 6.92 Å². The van der Waals surface area contributed by atoms with Crippen LogP contribution in [0.15, 0.2) is 66.7 Å². The van der Waals surface area contributed by atoms with Crippen LogP contribution < -0.4 is 4.72 Å². The number of anilines is 1. The van der Waals surface area contributed by atoms with E-state index in [1.807, 2.05) is 43.3 Å². The van der Waals surface area contributed by atoms with Gasteiger partial charge in [0.25, 0.3) is 0 Å². The van der Waals surface area contributed by atoms with Crippen molar-refractivity contribution >= 4 is 37.5 Å². The second kappa shape index (κ2) is 7.54. The molecule has 4 rings (SSSR count). The lowest BCUT2D eigenvalue weighted by atomic mass is 10.0. The number of fused-ring (bicyclic) bond motifs is 3. The maximum absolute atomic E-state index is 11.6. The van der Waals surface area contributed by atoms with Gasteiger partial charge in [0, 0.05) is 34.8 Å². The molecular weight excluding hydrogens is 384 g/mol. The van der Waals surface area contributed by atoms with Crippen LogP contribution in [0.2, 0.25) is 0 Å². The van der Waals surface area contributed by atoms with Gasteiger partial charge in [-0.1, -0.05) is 48.5 Å². The lowest BCUT2D eigenvalue weighted by molar-refractivity contribution is 0.157. The van der Waals surface area contributed by atoms with Crippen molar-refractivity contribution in [2.45, 2.75) is 26.0 Å². The molecule has 0 aliphatic heterocycles.